The number of hydrogen-bond donors (Lipinski definition) is 2. The van der Waals surface area contributed by atoms with Gasteiger partial charge in [-0.3, -0.25) is 4.79 Å². The number of nitrogens with two attached hydrogens (primary N) is 1. The van der Waals surface area contributed by atoms with Gasteiger partial charge in [0, 0.05) is 5.02 Å². The maximum atomic E-state index is 11.4. The molecule has 0 aliphatic rings. The molecule has 112 valence electrons. The average Bonchev–Trinajstić information content (AvgIpc) is 2.92. The number of halogens is 1. The molecule has 2 aromatic rings. The van der Waals surface area contributed by atoms with Crippen molar-refractivity contribution in [2.24, 2.45) is 5.73 Å². The van der Waals surface area contributed by atoms with Crippen LogP contribution in [0.4, 0.5) is 5.69 Å². The molecular weight excluding hydrogens is 312 g/mol. The number of nitrogens with zero attached hydrogens (tertiary/aromatic N) is 2. The molecule has 21 heavy (non-hydrogen) atoms. The first-order valence-corrected chi connectivity index (χ1v) is 7.47. The van der Waals surface area contributed by atoms with Crippen LogP contribution in [-0.2, 0) is 13.0 Å². The number of amides is 1. The summed E-state index contributed by atoms with van der Waals surface area (Å²) in [4.78, 5) is 11.4. The molecule has 1 amide bonds. The predicted octanol–water partition coefficient (Wildman–Crippen LogP) is 2.47. The summed E-state index contributed by atoms with van der Waals surface area (Å²) in [5.41, 5.74) is 6.16. The first-order chi connectivity index (χ1) is 10.0. The Morgan fingerprint density at radius 3 is 2.71 bits per heavy atom. The summed E-state index contributed by atoms with van der Waals surface area (Å²) in [5.74, 6) is -0.228. The van der Waals surface area contributed by atoms with Crippen molar-refractivity contribution in [3.8, 4) is 5.75 Å². The Labute approximate surface area is 131 Å². The molecule has 6 nitrogen and oxygen atoms in total. The number of aryl methyl sites for hydroxylation is 1. The molecule has 1 heterocycles. The number of rotatable bonds is 6. The number of hydrogen-bond acceptors (Lipinski definition) is 6. The molecule has 0 saturated heterocycles. The molecule has 2 rings (SSSR count). The fraction of sp³-hybridized carbons (Fsp3) is 0.308. The van der Waals surface area contributed by atoms with Gasteiger partial charge in [0.15, 0.2) is 5.75 Å². The SMILES string of the molecule is CCc1nnc(CNc2cc(Cl)cc(C(N)=O)c2OC)s1. The van der Waals surface area contributed by atoms with Gasteiger partial charge in [-0.05, 0) is 18.6 Å². The van der Waals surface area contributed by atoms with E-state index in [0.29, 0.717) is 23.0 Å². The van der Waals surface area contributed by atoms with Gasteiger partial charge in [-0.1, -0.05) is 29.9 Å². The Kier molecular flexibility index (Phi) is 4.98. The molecule has 0 bridgehead atoms. The van der Waals surface area contributed by atoms with Gasteiger partial charge in [-0.15, -0.1) is 10.2 Å². The van der Waals surface area contributed by atoms with E-state index in [0.717, 1.165) is 16.4 Å². The number of carbonyl (C=O) groups is 1. The van der Waals surface area contributed by atoms with E-state index in [2.05, 4.69) is 15.5 Å². The highest BCUT2D eigenvalue weighted by Crippen LogP contribution is 2.32. The number of primary amides is 1. The third-order valence-electron chi connectivity index (χ3n) is 2.76. The first-order valence-electron chi connectivity index (χ1n) is 6.27. The molecule has 0 aliphatic heterocycles. The number of nitrogens with one attached hydrogen (secondary N) is 1. The second-order valence-electron chi connectivity index (χ2n) is 4.20. The maximum absolute atomic E-state index is 11.4. The molecular formula is C13H15ClN4O2S. The number of methoxy groups -OCH3 is 1. The fourth-order valence-corrected chi connectivity index (χ4v) is 2.74. The number of aromatic nitrogens is 2. The van der Waals surface area contributed by atoms with Gasteiger partial charge in [-0.25, -0.2) is 0 Å². The summed E-state index contributed by atoms with van der Waals surface area (Å²) in [5, 5.41) is 13.5. The number of ether oxygens (including phenoxy) is 1. The molecule has 0 saturated carbocycles. The standard InChI is InChI=1S/C13H15ClN4O2S/c1-3-10-17-18-11(21-10)6-16-9-5-7(14)4-8(13(15)19)12(9)20-2/h4-5,16H,3,6H2,1-2H3,(H2,15,19). The van der Waals surface area contributed by atoms with Crippen molar-refractivity contribution in [3.05, 3.63) is 32.7 Å². The molecule has 1 aromatic carbocycles. The normalized spacial score (nSPS) is 10.4. The van der Waals surface area contributed by atoms with E-state index in [4.69, 9.17) is 22.1 Å². The van der Waals surface area contributed by atoms with Crippen LogP contribution < -0.4 is 15.8 Å². The lowest BCUT2D eigenvalue weighted by atomic mass is 10.1. The highest BCUT2D eigenvalue weighted by atomic mass is 35.5. The minimum absolute atomic E-state index is 0.235. The zero-order valence-corrected chi connectivity index (χ0v) is 13.2. The van der Waals surface area contributed by atoms with Crippen LogP contribution >= 0.6 is 22.9 Å². The Morgan fingerprint density at radius 1 is 1.43 bits per heavy atom. The monoisotopic (exact) mass is 326 g/mol. The average molecular weight is 327 g/mol. The van der Waals surface area contributed by atoms with E-state index < -0.39 is 5.91 Å². The van der Waals surface area contributed by atoms with Gasteiger partial charge in [0.1, 0.15) is 10.0 Å². The van der Waals surface area contributed by atoms with E-state index in [1.807, 2.05) is 6.92 Å². The van der Waals surface area contributed by atoms with Crippen LogP contribution in [0.2, 0.25) is 5.02 Å². The Hall–Kier alpha value is -1.86. The van der Waals surface area contributed by atoms with Crippen molar-refractivity contribution < 1.29 is 9.53 Å². The molecule has 0 spiro atoms. The van der Waals surface area contributed by atoms with E-state index >= 15 is 0 Å². The third-order valence-corrected chi connectivity index (χ3v) is 4.05. The first kappa shape index (κ1) is 15.5. The summed E-state index contributed by atoms with van der Waals surface area (Å²) in [6.45, 7) is 2.49. The van der Waals surface area contributed by atoms with Gasteiger partial charge >= 0.3 is 0 Å². The van der Waals surface area contributed by atoms with E-state index in [-0.39, 0.29) is 5.56 Å². The van der Waals surface area contributed by atoms with Crippen LogP contribution in [0.15, 0.2) is 12.1 Å². The molecule has 0 radical (unpaired) electrons. The Balaban J connectivity index is 2.24. The molecule has 0 unspecified atom stereocenters. The number of benzene rings is 1. The second-order valence-corrected chi connectivity index (χ2v) is 5.78. The minimum Gasteiger partial charge on any atom is -0.494 e. The molecule has 0 aliphatic carbocycles. The minimum atomic E-state index is -0.596. The molecule has 1 aromatic heterocycles. The van der Waals surface area contributed by atoms with E-state index in [9.17, 15) is 4.79 Å². The second kappa shape index (κ2) is 6.73. The van der Waals surface area contributed by atoms with Crippen LogP contribution in [0.3, 0.4) is 0 Å². The Morgan fingerprint density at radius 2 is 2.14 bits per heavy atom. The summed E-state index contributed by atoms with van der Waals surface area (Å²) in [7, 11) is 1.47. The van der Waals surface area contributed by atoms with Crippen LogP contribution in [-0.4, -0.2) is 23.2 Å². The summed E-state index contributed by atoms with van der Waals surface area (Å²) < 4.78 is 5.25. The van der Waals surface area contributed by atoms with Gasteiger partial charge in [0.05, 0.1) is 24.9 Å². The smallest absolute Gasteiger partial charge is 0.252 e. The Bertz CT molecular complexity index is 660. The molecule has 8 heteroatoms. The van der Waals surface area contributed by atoms with E-state index in [1.54, 1.807) is 6.07 Å². The lowest BCUT2D eigenvalue weighted by Crippen LogP contribution is -2.14. The molecule has 0 atom stereocenters. The highest BCUT2D eigenvalue weighted by molar-refractivity contribution is 7.11. The van der Waals surface area contributed by atoms with Crippen molar-refractivity contribution in [2.75, 3.05) is 12.4 Å². The quantitative estimate of drug-likeness (QED) is 0.851. The maximum Gasteiger partial charge on any atom is 0.252 e. The van der Waals surface area contributed by atoms with Crippen molar-refractivity contribution in [1.29, 1.82) is 0 Å². The number of carbonyl (C=O) groups excluding carboxylic acids is 1. The van der Waals surface area contributed by atoms with Gasteiger partial charge in [0.25, 0.3) is 5.91 Å². The number of anilines is 1. The lowest BCUT2D eigenvalue weighted by Gasteiger charge is -2.13. The van der Waals surface area contributed by atoms with Crippen molar-refractivity contribution >= 4 is 34.5 Å². The zero-order chi connectivity index (χ0) is 15.4. The van der Waals surface area contributed by atoms with Crippen LogP contribution in [0.25, 0.3) is 0 Å². The van der Waals surface area contributed by atoms with E-state index in [1.165, 1.54) is 24.5 Å². The molecule has 3 N–H and O–H groups in total. The topological polar surface area (TPSA) is 90.1 Å². The van der Waals surface area contributed by atoms with Crippen LogP contribution in [0.1, 0.15) is 27.3 Å². The zero-order valence-electron chi connectivity index (χ0n) is 11.6. The van der Waals surface area contributed by atoms with Crippen LogP contribution in [0.5, 0.6) is 5.75 Å². The van der Waals surface area contributed by atoms with Crippen molar-refractivity contribution in [2.45, 2.75) is 19.9 Å². The lowest BCUT2D eigenvalue weighted by molar-refractivity contribution is 0.0997. The van der Waals surface area contributed by atoms with Crippen molar-refractivity contribution in [1.82, 2.24) is 10.2 Å². The van der Waals surface area contributed by atoms with Crippen LogP contribution in [0, 0.1) is 0 Å². The summed E-state index contributed by atoms with van der Waals surface area (Å²) in [6.07, 6.45) is 0.851. The van der Waals surface area contributed by atoms with Gasteiger partial charge < -0.3 is 15.8 Å². The third kappa shape index (κ3) is 3.62. The summed E-state index contributed by atoms with van der Waals surface area (Å²) in [6, 6.07) is 3.16. The summed E-state index contributed by atoms with van der Waals surface area (Å²) >= 11 is 7.53. The highest BCUT2D eigenvalue weighted by Gasteiger charge is 2.15. The van der Waals surface area contributed by atoms with Gasteiger partial charge in [0.2, 0.25) is 0 Å². The van der Waals surface area contributed by atoms with Crippen molar-refractivity contribution in [3.63, 3.8) is 0 Å². The molecule has 0 fully saturated rings. The predicted molar refractivity (Wildman–Crippen MR) is 83.1 cm³/mol. The van der Waals surface area contributed by atoms with Gasteiger partial charge in [-0.2, -0.15) is 0 Å². The fourth-order valence-electron chi connectivity index (χ4n) is 1.80. The largest absolute Gasteiger partial charge is 0.494 e.